The molecule has 0 radical (unpaired) electrons. The van der Waals surface area contributed by atoms with Crippen molar-refractivity contribution >= 4 is 11.8 Å². The largest absolute Gasteiger partial charge is 0.361 e. The molecule has 2 aromatic rings. The summed E-state index contributed by atoms with van der Waals surface area (Å²) in [6.07, 6.45) is 6.70. The summed E-state index contributed by atoms with van der Waals surface area (Å²) in [6.45, 7) is 7.52. The van der Waals surface area contributed by atoms with E-state index in [1.165, 1.54) is 44.8 Å². The maximum atomic E-state index is 2.39. The second-order valence-corrected chi connectivity index (χ2v) is 6.73. The van der Waals surface area contributed by atoms with Gasteiger partial charge in [0.15, 0.2) is 0 Å². The summed E-state index contributed by atoms with van der Waals surface area (Å²) in [7, 11) is 2.12. The third-order valence-corrected chi connectivity index (χ3v) is 4.77. The van der Waals surface area contributed by atoms with Crippen molar-refractivity contribution in [2.75, 3.05) is 18.6 Å². The van der Waals surface area contributed by atoms with Crippen molar-refractivity contribution in [1.29, 1.82) is 0 Å². The van der Waals surface area contributed by atoms with E-state index in [9.17, 15) is 0 Å². The molecule has 2 heterocycles. The minimum atomic E-state index is 0.919. The predicted octanol–water partition coefficient (Wildman–Crippen LogP) is 4.86. The lowest BCUT2D eigenvalue weighted by Crippen LogP contribution is -2.26. The number of nitrogens with zero attached hydrogens (tertiary/aromatic N) is 2. The lowest BCUT2D eigenvalue weighted by molar-refractivity contribution is 0.495. The van der Waals surface area contributed by atoms with Crippen LogP contribution in [0.2, 0.25) is 0 Å². The minimum Gasteiger partial charge on any atom is -0.361 e. The molecular weight excluding hydrogens is 280 g/mol. The Morgan fingerprint density at radius 1 is 0.957 bits per heavy atom. The van der Waals surface area contributed by atoms with Crippen LogP contribution in [0.1, 0.15) is 22.3 Å². The summed E-state index contributed by atoms with van der Waals surface area (Å²) in [5, 5.41) is 0. The highest BCUT2D eigenvalue weighted by Gasteiger charge is 2.25. The average molecular weight is 302 g/mol. The fourth-order valence-electron chi connectivity index (χ4n) is 3.94. The number of allylic oxidation sites excluding steroid dienone is 1. The van der Waals surface area contributed by atoms with Crippen LogP contribution >= 0.6 is 0 Å². The second kappa shape index (κ2) is 5.02. The van der Waals surface area contributed by atoms with Crippen LogP contribution in [-0.4, -0.2) is 18.6 Å². The molecule has 0 fully saturated rings. The minimum absolute atomic E-state index is 0.919. The molecule has 0 amide bonds. The molecule has 0 aliphatic carbocycles. The molecule has 116 valence electrons. The van der Waals surface area contributed by atoms with Gasteiger partial charge in [0.2, 0.25) is 0 Å². The number of aryl methyl sites for hydroxylation is 3. The molecule has 2 nitrogen and oxygen atoms in total. The van der Waals surface area contributed by atoms with E-state index in [1.807, 2.05) is 0 Å². The third kappa shape index (κ3) is 2.17. The summed E-state index contributed by atoms with van der Waals surface area (Å²) in [6, 6.07) is 11.2. The normalized spacial score (nSPS) is 15.6. The Labute approximate surface area is 138 Å². The molecule has 0 unspecified atom stereocenters. The van der Waals surface area contributed by atoms with Crippen LogP contribution in [0.25, 0.3) is 17.2 Å². The average Bonchev–Trinajstić information content (AvgIpc) is 2.87. The highest BCUT2D eigenvalue weighted by atomic mass is 15.3. The molecule has 0 N–H and O–H groups in total. The van der Waals surface area contributed by atoms with Crippen molar-refractivity contribution < 1.29 is 0 Å². The second-order valence-electron chi connectivity index (χ2n) is 6.73. The van der Waals surface area contributed by atoms with Crippen molar-refractivity contribution in [3.05, 3.63) is 70.6 Å². The Hall–Kier alpha value is -2.48. The first-order chi connectivity index (χ1) is 11.0. The van der Waals surface area contributed by atoms with Crippen LogP contribution in [-0.2, 0) is 0 Å². The van der Waals surface area contributed by atoms with Gasteiger partial charge in [-0.1, -0.05) is 35.9 Å². The van der Waals surface area contributed by atoms with E-state index in [0.717, 1.165) is 6.67 Å². The van der Waals surface area contributed by atoms with Gasteiger partial charge in [0.25, 0.3) is 0 Å². The van der Waals surface area contributed by atoms with E-state index in [1.54, 1.807) is 0 Å². The Morgan fingerprint density at radius 3 is 2.43 bits per heavy atom. The molecule has 2 heteroatoms. The van der Waals surface area contributed by atoms with Crippen molar-refractivity contribution in [2.45, 2.75) is 20.8 Å². The quantitative estimate of drug-likeness (QED) is 0.742. The van der Waals surface area contributed by atoms with Gasteiger partial charge in [-0.25, -0.2) is 0 Å². The molecule has 23 heavy (non-hydrogen) atoms. The van der Waals surface area contributed by atoms with Gasteiger partial charge in [-0.2, -0.15) is 0 Å². The first-order valence-electron chi connectivity index (χ1n) is 8.13. The van der Waals surface area contributed by atoms with Gasteiger partial charge in [-0.3, -0.25) is 0 Å². The maximum Gasteiger partial charge on any atom is 0.0945 e. The molecule has 0 saturated carbocycles. The van der Waals surface area contributed by atoms with Gasteiger partial charge in [-0.05, 0) is 55.2 Å². The monoisotopic (exact) mass is 302 g/mol. The van der Waals surface area contributed by atoms with Crippen molar-refractivity contribution in [2.24, 2.45) is 0 Å². The molecule has 0 spiro atoms. The highest BCUT2D eigenvalue weighted by molar-refractivity contribution is 5.89. The fraction of sp³-hybridized carbons (Fsp3) is 0.238. The predicted molar refractivity (Wildman–Crippen MR) is 98.3 cm³/mol. The van der Waals surface area contributed by atoms with Crippen LogP contribution in [0, 0.1) is 20.8 Å². The molecule has 0 bridgehead atoms. The lowest BCUT2D eigenvalue weighted by Gasteiger charge is -2.28. The van der Waals surface area contributed by atoms with E-state index in [2.05, 4.69) is 86.3 Å². The number of rotatable bonds is 1. The topological polar surface area (TPSA) is 6.48 Å². The summed E-state index contributed by atoms with van der Waals surface area (Å²) in [5.41, 5.74) is 10.6. The highest BCUT2D eigenvalue weighted by Crippen LogP contribution is 2.41. The molecule has 2 aromatic carbocycles. The van der Waals surface area contributed by atoms with Crippen LogP contribution in [0.3, 0.4) is 0 Å². The molecule has 0 atom stereocenters. The molecule has 4 rings (SSSR count). The molecule has 2 aliphatic rings. The Bertz CT molecular complexity index is 835. The summed E-state index contributed by atoms with van der Waals surface area (Å²) >= 11 is 0. The van der Waals surface area contributed by atoms with E-state index >= 15 is 0 Å². The number of fused-ring (bicyclic) bond motifs is 3. The van der Waals surface area contributed by atoms with Gasteiger partial charge in [0, 0.05) is 18.8 Å². The van der Waals surface area contributed by atoms with Crippen LogP contribution < -0.4 is 4.90 Å². The molecule has 0 saturated heterocycles. The molecule has 2 aliphatic heterocycles. The zero-order chi connectivity index (χ0) is 16.1. The fourth-order valence-corrected chi connectivity index (χ4v) is 3.94. The Kier molecular flexibility index (Phi) is 3.08. The smallest absolute Gasteiger partial charge is 0.0945 e. The maximum absolute atomic E-state index is 2.39. The van der Waals surface area contributed by atoms with Crippen molar-refractivity contribution in [3.8, 4) is 11.1 Å². The van der Waals surface area contributed by atoms with Crippen LogP contribution in [0.5, 0.6) is 0 Å². The van der Waals surface area contributed by atoms with Gasteiger partial charge >= 0.3 is 0 Å². The summed E-state index contributed by atoms with van der Waals surface area (Å²) < 4.78 is 0. The van der Waals surface area contributed by atoms with E-state index in [-0.39, 0.29) is 0 Å². The number of hydrogen-bond acceptors (Lipinski definition) is 2. The summed E-state index contributed by atoms with van der Waals surface area (Å²) in [5.74, 6) is 0. The van der Waals surface area contributed by atoms with E-state index in [4.69, 9.17) is 0 Å². The van der Waals surface area contributed by atoms with Gasteiger partial charge in [-0.15, -0.1) is 0 Å². The van der Waals surface area contributed by atoms with Crippen molar-refractivity contribution in [1.82, 2.24) is 4.90 Å². The Morgan fingerprint density at radius 2 is 1.70 bits per heavy atom. The van der Waals surface area contributed by atoms with Crippen LogP contribution in [0.4, 0.5) is 5.69 Å². The number of anilines is 1. The van der Waals surface area contributed by atoms with Gasteiger partial charge in [0.1, 0.15) is 0 Å². The molecular formula is C21H22N2. The SMILES string of the molecule is Cc1cc(C)c(-c2cccc3c2C=CC2=CN(C)CN23)c(C)c1. The van der Waals surface area contributed by atoms with E-state index < -0.39 is 0 Å². The van der Waals surface area contributed by atoms with Gasteiger partial charge in [0.05, 0.1) is 18.1 Å². The standard InChI is InChI=1S/C21H22N2/c1-14-10-15(2)21(16(3)11-14)19-6-5-7-20-18(19)9-8-17-12-22(4)13-23(17)20/h5-12H,13H2,1-4H3. The van der Waals surface area contributed by atoms with Gasteiger partial charge < -0.3 is 9.80 Å². The van der Waals surface area contributed by atoms with Crippen molar-refractivity contribution in [3.63, 3.8) is 0 Å². The first kappa shape index (κ1) is 14.1. The zero-order valence-corrected chi connectivity index (χ0v) is 14.2. The number of hydrogen-bond donors (Lipinski definition) is 0. The van der Waals surface area contributed by atoms with E-state index in [0.29, 0.717) is 0 Å². The third-order valence-electron chi connectivity index (χ3n) is 4.77. The summed E-state index contributed by atoms with van der Waals surface area (Å²) in [4.78, 5) is 4.61. The zero-order valence-electron chi connectivity index (χ0n) is 14.2. The first-order valence-corrected chi connectivity index (χ1v) is 8.13. The lowest BCUT2D eigenvalue weighted by atomic mass is 9.89. The number of benzene rings is 2. The Balaban J connectivity index is 1.93. The molecule has 0 aromatic heterocycles. The van der Waals surface area contributed by atoms with Crippen LogP contribution in [0.15, 0.2) is 48.3 Å².